The first-order chi connectivity index (χ1) is 12.4. The van der Waals surface area contributed by atoms with Crippen molar-refractivity contribution in [1.29, 1.82) is 0 Å². The van der Waals surface area contributed by atoms with Crippen molar-refractivity contribution >= 4 is 14.2 Å². The maximum absolute atomic E-state index is 12.4. The van der Waals surface area contributed by atoms with Crippen LogP contribution in [0, 0.1) is 6.92 Å². The van der Waals surface area contributed by atoms with Crippen LogP contribution in [0.4, 0.5) is 0 Å². The lowest BCUT2D eigenvalue weighted by Gasteiger charge is -2.38. The van der Waals surface area contributed by atoms with Gasteiger partial charge < -0.3 is 13.9 Å². The van der Waals surface area contributed by atoms with E-state index < -0.39 is 8.32 Å². The first kappa shape index (κ1) is 21.7. The van der Waals surface area contributed by atoms with Crippen LogP contribution in [0.1, 0.15) is 50.5 Å². The molecule has 0 saturated heterocycles. The molecule has 0 saturated carbocycles. The molecule has 1 amide bonds. The minimum Gasteiger partial charge on any atom is -0.486 e. The summed E-state index contributed by atoms with van der Waals surface area (Å²) in [4.78, 5) is 12.4. The Bertz CT molecular complexity index is 683. The number of hydrazine groups is 1. The van der Waals surface area contributed by atoms with E-state index in [4.69, 9.17) is 13.9 Å². The summed E-state index contributed by atoms with van der Waals surface area (Å²) in [6, 6.07) is 3.71. The summed E-state index contributed by atoms with van der Waals surface area (Å²) in [5.74, 6) is 1.11. The van der Waals surface area contributed by atoms with Crippen LogP contribution in [0.5, 0.6) is 11.5 Å². The highest BCUT2D eigenvalue weighted by Gasteiger charge is 2.38. The highest BCUT2D eigenvalue weighted by atomic mass is 28.4. The third-order valence-corrected chi connectivity index (χ3v) is 9.73. The summed E-state index contributed by atoms with van der Waals surface area (Å²) >= 11 is 0. The minimum absolute atomic E-state index is 0.144. The van der Waals surface area contributed by atoms with Gasteiger partial charge in [0, 0.05) is 17.2 Å². The molecule has 0 aliphatic carbocycles. The standard InChI is InChI=1S/C20H34N2O4Si/c1-13(2)21-22-19(23)16-9-10-17-18(14(16)3)26-15(11-24-17)12-25-27(7,8)20(4,5)6/h9-10,13,15,21H,11-12H2,1-8H3,(H,22,23)/t15-/m1/s1. The number of ether oxygens (including phenoxy) is 2. The number of nitrogens with one attached hydrogen (secondary N) is 2. The Kier molecular flexibility index (Phi) is 6.60. The Morgan fingerprint density at radius 2 is 2.00 bits per heavy atom. The van der Waals surface area contributed by atoms with Crippen molar-refractivity contribution in [1.82, 2.24) is 10.9 Å². The maximum Gasteiger partial charge on any atom is 0.265 e. The van der Waals surface area contributed by atoms with Crippen LogP contribution in [0.25, 0.3) is 0 Å². The van der Waals surface area contributed by atoms with Gasteiger partial charge in [-0.15, -0.1) is 0 Å². The van der Waals surface area contributed by atoms with Gasteiger partial charge in [-0.3, -0.25) is 10.2 Å². The molecule has 0 bridgehead atoms. The lowest BCUT2D eigenvalue weighted by atomic mass is 10.1. The van der Waals surface area contributed by atoms with Crippen LogP contribution in [-0.2, 0) is 4.43 Å². The van der Waals surface area contributed by atoms with Crippen LogP contribution in [0.3, 0.4) is 0 Å². The highest BCUT2D eigenvalue weighted by Crippen LogP contribution is 2.39. The zero-order chi connectivity index (χ0) is 20.4. The fourth-order valence-corrected chi connectivity index (χ4v) is 3.47. The fraction of sp³-hybridized carbons (Fsp3) is 0.650. The van der Waals surface area contributed by atoms with Gasteiger partial charge in [0.25, 0.3) is 5.91 Å². The van der Waals surface area contributed by atoms with Gasteiger partial charge in [0.15, 0.2) is 25.9 Å². The largest absolute Gasteiger partial charge is 0.486 e. The first-order valence-electron chi connectivity index (χ1n) is 9.55. The van der Waals surface area contributed by atoms with Crippen molar-refractivity contribution in [2.45, 2.75) is 71.8 Å². The number of hydrogen-bond acceptors (Lipinski definition) is 5. The van der Waals surface area contributed by atoms with E-state index in [1.165, 1.54) is 0 Å². The summed E-state index contributed by atoms with van der Waals surface area (Å²) < 4.78 is 18.3. The molecule has 1 atom stereocenters. The van der Waals surface area contributed by atoms with Gasteiger partial charge in [0.2, 0.25) is 0 Å². The molecule has 1 aliphatic rings. The summed E-state index contributed by atoms with van der Waals surface area (Å²) in [6.45, 7) is 17.8. The molecule has 1 aromatic carbocycles. The number of carbonyl (C=O) groups is 1. The monoisotopic (exact) mass is 394 g/mol. The third-order valence-electron chi connectivity index (χ3n) is 5.23. The molecule has 27 heavy (non-hydrogen) atoms. The number of amides is 1. The van der Waals surface area contributed by atoms with E-state index in [0.717, 1.165) is 5.56 Å². The number of fused-ring (bicyclic) bond motifs is 1. The van der Waals surface area contributed by atoms with Crippen molar-refractivity contribution in [2.75, 3.05) is 13.2 Å². The quantitative estimate of drug-likeness (QED) is 0.567. The van der Waals surface area contributed by atoms with Gasteiger partial charge in [0.1, 0.15) is 6.61 Å². The van der Waals surface area contributed by atoms with E-state index in [9.17, 15) is 4.79 Å². The molecule has 1 aromatic rings. The SMILES string of the molecule is Cc1c(C(=O)NNC(C)C)ccc2c1O[C@@H](CO[Si](C)(C)C(C)(C)C)CO2. The Morgan fingerprint density at radius 3 is 2.59 bits per heavy atom. The number of carbonyl (C=O) groups excluding carboxylic acids is 1. The van der Waals surface area contributed by atoms with Gasteiger partial charge in [-0.1, -0.05) is 20.8 Å². The van der Waals surface area contributed by atoms with Gasteiger partial charge in [-0.05, 0) is 51.0 Å². The average molecular weight is 395 g/mol. The zero-order valence-electron chi connectivity index (χ0n) is 17.9. The van der Waals surface area contributed by atoms with Crippen LogP contribution in [-0.4, -0.2) is 39.6 Å². The highest BCUT2D eigenvalue weighted by molar-refractivity contribution is 6.74. The normalized spacial score (nSPS) is 17.1. The lowest BCUT2D eigenvalue weighted by Crippen LogP contribution is -2.45. The van der Waals surface area contributed by atoms with Gasteiger partial charge in [-0.25, -0.2) is 5.43 Å². The van der Waals surface area contributed by atoms with Crippen molar-refractivity contribution in [2.24, 2.45) is 0 Å². The molecule has 0 fully saturated rings. The molecule has 2 rings (SSSR count). The second kappa shape index (κ2) is 8.20. The van der Waals surface area contributed by atoms with Crippen molar-refractivity contribution in [3.63, 3.8) is 0 Å². The molecule has 6 nitrogen and oxygen atoms in total. The zero-order valence-corrected chi connectivity index (χ0v) is 18.9. The topological polar surface area (TPSA) is 68.8 Å². The van der Waals surface area contributed by atoms with E-state index in [-0.39, 0.29) is 23.1 Å². The molecule has 0 spiro atoms. The molecular formula is C20H34N2O4Si. The average Bonchev–Trinajstić information content (AvgIpc) is 2.57. The summed E-state index contributed by atoms with van der Waals surface area (Å²) in [5.41, 5.74) is 6.98. The molecule has 0 unspecified atom stereocenters. The lowest BCUT2D eigenvalue weighted by molar-refractivity contribution is 0.0484. The van der Waals surface area contributed by atoms with Gasteiger partial charge in [-0.2, -0.15) is 0 Å². The second-order valence-electron chi connectivity index (χ2n) is 8.94. The van der Waals surface area contributed by atoms with E-state index in [1.807, 2.05) is 20.8 Å². The van der Waals surface area contributed by atoms with Crippen LogP contribution < -0.4 is 20.3 Å². The van der Waals surface area contributed by atoms with Crippen molar-refractivity contribution < 1.29 is 18.7 Å². The smallest absolute Gasteiger partial charge is 0.265 e. The van der Waals surface area contributed by atoms with Crippen LogP contribution in [0.15, 0.2) is 12.1 Å². The Hall–Kier alpha value is -1.57. The summed E-state index contributed by atoms with van der Waals surface area (Å²) in [6.07, 6.45) is -0.183. The molecule has 2 N–H and O–H groups in total. The van der Waals surface area contributed by atoms with Crippen molar-refractivity contribution in [3.05, 3.63) is 23.3 Å². The number of benzene rings is 1. The van der Waals surface area contributed by atoms with E-state index in [2.05, 4.69) is 44.7 Å². The van der Waals surface area contributed by atoms with Crippen molar-refractivity contribution in [3.8, 4) is 11.5 Å². The Morgan fingerprint density at radius 1 is 1.33 bits per heavy atom. The number of rotatable bonds is 6. The molecule has 0 aromatic heterocycles. The molecule has 152 valence electrons. The number of hydrogen-bond donors (Lipinski definition) is 2. The minimum atomic E-state index is -1.85. The summed E-state index contributed by atoms with van der Waals surface area (Å²) in [5, 5.41) is 0.144. The maximum atomic E-state index is 12.4. The molecule has 1 heterocycles. The Balaban J connectivity index is 2.10. The van der Waals surface area contributed by atoms with Crippen LogP contribution in [0.2, 0.25) is 18.1 Å². The van der Waals surface area contributed by atoms with Gasteiger partial charge >= 0.3 is 0 Å². The third kappa shape index (κ3) is 5.24. The predicted octanol–water partition coefficient (Wildman–Crippen LogP) is 3.80. The molecule has 7 heteroatoms. The van der Waals surface area contributed by atoms with E-state index in [1.54, 1.807) is 12.1 Å². The van der Waals surface area contributed by atoms with Gasteiger partial charge in [0.05, 0.1) is 6.61 Å². The fourth-order valence-electron chi connectivity index (χ4n) is 2.43. The predicted molar refractivity (Wildman–Crippen MR) is 110 cm³/mol. The van der Waals surface area contributed by atoms with E-state index >= 15 is 0 Å². The summed E-state index contributed by atoms with van der Waals surface area (Å²) in [7, 11) is -1.85. The molecular weight excluding hydrogens is 360 g/mol. The molecule has 1 aliphatic heterocycles. The Labute approximate surface area is 164 Å². The first-order valence-corrected chi connectivity index (χ1v) is 12.5. The van der Waals surface area contributed by atoms with E-state index in [0.29, 0.717) is 30.3 Å². The second-order valence-corrected chi connectivity index (χ2v) is 13.8. The molecule has 0 radical (unpaired) electrons. The van der Waals surface area contributed by atoms with Crippen LogP contribution >= 0.6 is 0 Å².